The first kappa shape index (κ1) is 29.1. The smallest absolute Gasteiger partial charge is 0.243 e. The molecule has 1 N–H and O–H groups in total. The van der Waals surface area contributed by atoms with Gasteiger partial charge in [-0.2, -0.15) is 0 Å². The molecule has 0 bridgehead atoms. The number of thioether (sulfide) groups is 1. The van der Waals surface area contributed by atoms with E-state index in [2.05, 4.69) is 36.5 Å². The van der Waals surface area contributed by atoms with E-state index in [1.54, 1.807) is 28.8 Å². The van der Waals surface area contributed by atoms with Gasteiger partial charge in [0.05, 0.1) is 5.75 Å². The summed E-state index contributed by atoms with van der Waals surface area (Å²) in [6.07, 6.45) is 1.20. The van der Waals surface area contributed by atoms with Crippen molar-refractivity contribution in [2.75, 3.05) is 5.75 Å². The zero-order valence-electron chi connectivity index (χ0n) is 21.5. The van der Waals surface area contributed by atoms with Crippen molar-refractivity contribution in [1.82, 2.24) is 10.2 Å². The molecule has 2 atom stereocenters. The molecule has 0 saturated carbocycles. The van der Waals surface area contributed by atoms with E-state index in [9.17, 15) is 9.59 Å². The van der Waals surface area contributed by atoms with Crippen molar-refractivity contribution in [3.05, 3.63) is 105 Å². The molecule has 0 radical (unpaired) electrons. The summed E-state index contributed by atoms with van der Waals surface area (Å²) in [5.74, 6) is 0.689. The fourth-order valence-electron chi connectivity index (χ4n) is 3.85. The molecule has 37 heavy (non-hydrogen) atoms. The third-order valence-electron chi connectivity index (χ3n) is 6.24. The Morgan fingerprint density at radius 2 is 1.68 bits per heavy atom. The maximum absolute atomic E-state index is 13.7. The van der Waals surface area contributed by atoms with Crippen LogP contribution in [0.3, 0.4) is 0 Å². The predicted molar refractivity (Wildman–Crippen MR) is 156 cm³/mol. The summed E-state index contributed by atoms with van der Waals surface area (Å²) >= 11 is 14.2. The van der Waals surface area contributed by atoms with Crippen molar-refractivity contribution < 1.29 is 9.59 Å². The van der Waals surface area contributed by atoms with Crippen LogP contribution in [0.2, 0.25) is 10.0 Å². The highest BCUT2D eigenvalue weighted by atomic mass is 35.5. The largest absolute Gasteiger partial charge is 0.352 e. The van der Waals surface area contributed by atoms with Gasteiger partial charge in [-0.05, 0) is 49.1 Å². The molecular formula is C30H34Cl2N2O2S. The van der Waals surface area contributed by atoms with Gasteiger partial charge in [0, 0.05) is 34.8 Å². The third-order valence-corrected chi connectivity index (χ3v) is 7.82. The number of rotatable bonds is 12. The Hall–Kier alpha value is -2.47. The zero-order valence-corrected chi connectivity index (χ0v) is 23.9. The number of benzene rings is 3. The molecule has 3 rings (SSSR count). The second kappa shape index (κ2) is 14.5. The number of hydrogen-bond acceptors (Lipinski definition) is 3. The Kier molecular flexibility index (Phi) is 11.4. The molecule has 0 aliphatic heterocycles. The molecule has 0 spiro atoms. The molecule has 0 aliphatic carbocycles. The molecule has 0 aliphatic rings. The standard InChI is InChI=1S/C30H34Cl2N2O2S/c1-4-22(3)33-30(36)28(16-23-8-6-5-7-9-23)34(18-25-14-15-26(31)17-27(25)32)29(35)20-37-19-24-12-10-21(2)11-13-24/h5-15,17,22,28H,4,16,18-20H2,1-3H3,(H,33,36). The van der Waals surface area contributed by atoms with E-state index in [4.69, 9.17) is 23.2 Å². The van der Waals surface area contributed by atoms with E-state index in [-0.39, 0.29) is 30.2 Å². The van der Waals surface area contributed by atoms with Crippen LogP contribution in [0.15, 0.2) is 72.8 Å². The van der Waals surface area contributed by atoms with Gasteiger partial charge in [-0.1, -0.05) is 96.4 Å². The normalized spacial score (nSPS) is 12.6. The van der Waals surface area contributed by atoms with Gasteiger partial charge in [0.25, 0.3) is 0 Å². The molecule has 0 heterocycles. The van der Waals surface area contributed by atoms with Crippen LogP contribution >= 0.6 is 35.0 Å². The van der Waals surface area contributed by atoms with Crippen LogP contribution in [-0.2, 0) is 28.3 Å². The molecular weight excluding hydrogens is 523 g/mol. The van der Waals surface area contributed by atoms with E-state index in [1.165, 1.54) is 5.56 Å². The van der Waals surface area contributed by atoms with Gasteiger partial charge in [-0.3, -0.25) is 9.59 Å². The number of amides is 2. The van der Waals surface area contributed by atoms with Gasteiger partial charge in [-0.15, -0.1) is 11.8 Å². The second-order valence-electron chi connectivity index (χ2n) is 9.26. The molecule has 0 aromatic heterocycles. The van der Waals surface area contributed by atoms with Crippen LogP contribution in [0.25, 0.3) is 0 Å². The molecule has 2 amide bonds. The average Bonchev–Trinajstić information content (AvgIpc) is 2.88. The summed E-state index contributed by atoms with van der Waals surface area (Å²) in [5.41, 5.74) is 4.09. The Bertz CT molecular complexity index is 1170. The van der Waals surface area contributed by atoms with Gasteiger partial charge in [0.1, 0.15) is 6.04 Å². The van der Waals surface area contributed by atoms with Crippen LogP contribution in [0.5, 0.6) is 0 Å². The first-order valence-electron chi connectivity index (χ1n) is 12.5. The summed E-state index contributed by atoms with van der Waals surface area (Å²) in [5, 5.41) is 4.08. The van der Waals surface area contributed by atoms with Crippen LogP contribution in [0.1, 0.15) is 42.5 Å². The van der Waals surface area contributed by atoms with Gasteiger partial charge in [0.15, 0.2) is 0 Å². The first-order valence-corrected chi connectivity index (χ1v) is 14.4. The summed E-state index contributed by atoms with van der Waals surface area (Å²) in [4.78, 5) is 28.9. The summed E-state index contributed by atoms with van der Waals surface area (Å²) in [6, 6.07) is 22.6. The van der Waals surface area contributed by atoms with Crippen molar-refractivity contribution in [2.45, 2.75) is 58.0 Å². The van der Waals surface area contributed by atoms with Crippen molar-refractivity contribution >= 4 is 46.8 Å². The van der Waals surface area contributed by atoms with E-state index in [0.29, 0.717) is 22.2 Å². The highest BCUT2D eigenvalue weighted by Gasteiger charge is 2.31. The van der Waals surface area contributed by atoms with Crippen LogP contribution < -0.4 is 5.32 Å². The fraction of sp³-hybridized carbons (Fsp3) is 0.333. The average molecular weight is 558 g/mol. The molecule has 4 nitrogen and oxygen atoms in total. The highest BCUT2D eigenvalue weighted by molar-refractivity contribution is 7.99. The summed E-state index contributed by atoms with van der Waals surface area (Å²) in [7, 11) is 0. The van der Waals surface area contributed by atoms with Crippen molar-refractivity contribution in [3.8, 4) is 0 Å². The Balaban J connectivity index is 1.88. The maximum Gasteiger partial charge on any atom is 0.243 e. The number of carbonyl (C=O) groups is 2. The summed E-state index contributed by atoms with van der Waals surface area (Å²) in [6.45, 7) is 6.26. The number of halogens is 2. The zero-order chi connectivity index (χ0) is 26.8. The Labute approximate surface area is 234 Å². The first-order chi connectivity index (χ1) is 17.8. The second-order valence-corrected chi connectivity index (χ2v) is 11.1. The monoisotopic (exact) mass is 556 g/mol. The number of aryl methyl sites for hydroxylation is 1. The third kappa shape index (κ3) is 9.10. The lowest BCUT2D eigenvalue weighted by Gasteiger charge is -2.32. The lowest BCUT2D eigenvalue weighted by atomic mass is 10.0. The lowest BCUT2D eigenvalue weighted by molar-refractivity contribution is -0.139. The molecule has 3 aromatic rings. The molecule has 0 saturated heterocycles. The topological polar surface area (TPSA) is 49.4 Å². The van der Waals surface area contributed by atoms with Gasteiger partial charge >= 0.3 is 0 Å². The molecule has 2 unspecified atom stereocenters. The van der Waals surface area contributed by atoms with Crippen molar-refractivity contribution in [2.24, 2.45) is 0 Å². The number of hydrogen-bond donors (Lipinski definition) is 1. The maximum atomic E-state index is 13.7. The SMILES string of the molecule is CCC(C)NC(=O)C(Cc1ccccc1)N(Cc1ccc(Cl)cc1Cl)C(=O)CSCc1ccc(C)cc1. The van der Waals surface area contributed by atoms with Gasteiger partial charge < -0.3 is 10.2 Å². The number of nitrogens with zero attached hydrogens (tertiary/aromatic N) is 1. The Morgan fingerprint density at radius 1 is 0.973 bits per heavy atom. The molecule has 196 valence electrons. The molecule has 3 aromatic carbocycles. The van der Waals surface area contributed by atoms with Crippen LogP contribution in [0.4, 0.5) is 0 Å². The lowest BCUT2D eigenvalue weighted by Crippen LogP contribution is -2.52. The Morgan fingerprint density at radius 3 is 2.32 bits per heavy atom. The van der Waals surface area contributed by atoms with Gasteiger partial charge in [-0.25, -0.2) is 0 Å². The summed E-state index contributed by atoms with van der Waals surface area (Å²) < 4.78 is 0. The van der Waals surface area contributed by atoms with E-state index >= 15 is 0 Å². The van der Waals surface area contributed by atoms with E-state index in [0.717, 1.165) is 23.1 Å². The minimum absolute atomic E-state index is 0.00208. The minimum atomic E-state index is -0.685. The highest BCUT2D eigenvalue weighted by Crippen LogP contribution is 2.25. The van der Waals surface area contributed by atoms with Crippen molar-refractivity contribution in [1.29, 1.82) is 0 Å². The molecule has 7 heteroatoms. The minimum Gasteiger partial charge on any atom is -0.352 e. The quantitative estimate of drug-likeness (QED) is 0.259. The van der Waals surface area contributed by atoms with Crippen LogP contribution in [-0.4, -0.2) is 34.6 Å². The number of nitrogens with one attached hydrogen (secondary N) is 1. The number of carbonyl (C=O) groups excluding carboxylic acids is 2. The van der Waals surface area contributed by atoms with E-state index in [1.807, 2.05) is 50.2 Å². The van der Waals surface area contributed by atoms with Crippen molar-refractivity contribution in [3.63, 3.8) is 0 Å². The van der Waals surface area contributed by atoms with E-state index < -0.39 is 6.04 Å². The fourth-order valence-corrected chi connectivity index (χ4v) is 5.19. The molecule has 0 fully saturated rings. The predicted octanol–water partition coefficient (Wildman–Crippen LogP) is 7.09. The van der Waals surface area contributed by atoms with Gasteiger partial charge in [0.2, 0.25) is 11.8 Å². The van der Waals surface area contributed by atoms with Crippen LogP contribution in [0, 0.1) is 6.92 Å².